The Morgan fingerprint density at radius 3 is 2.56 bits per heavy atom. The summed E-state index contributed by atoms with van der Waals surface area (Å²) in [5, 5.41) is 0. The predicted octanol–water partition coefficient (Wildman–Crippen LogP) is 2.48. The zero-order valence-electron chi connectivity index (χ0n) is 9.87. The lowest BCUT2D eigenvalue weighted by Gasteiger charge is -2.12. The lowest BCUT2D eigenvalue weighted by Crippen LogP contribution is -2.11. The van der Waals surface area contributed by atoms with Crippen LogP contribution in [0, 0.1) is 0 Å². The van der Waals surface area contributed by atoms with E-state index in [4.69, 9.17) is 16.3 Å². The van der Waals surface area contributed by atoms with Crippen LogP contribution in [0.4, 0.5) is 8.78 Å². The Morgan fingerprint density at radius 1 is 1.44 bits per heavy atom. The molecule has 0 atom stereocenters. The van der Waals surface area contributed by atoms with Gasteiger partial charge in [-0.15, -0.1) is 11.6 Å². The second-order valence-corrected chi connectivity index (χ2v) is 3.63. The van der Waals surface area contributed by atoms with Crippen LogP contribution in [-0.4, -0.2) is 25.2 Å². The average molecular weight is 280 g/mol. The van der Waals surface area contributed by atoms with Crippen LogP contribution in [0.25, 0.3) is 0 Å². The fourth-order valence-corrected chi connectivity index (χ4v) is 1.59. The summed E-state index contributed by atoms with van der Waals surface area (Å²) >= 11 is 5.64. The van der Waals surface area contributed by atoms with E-state index < -0.39 is 12.4 Å². The van der Waals surface area contributed by atoms with Crippen LogP contribution < -0.4 is 4.74 Å². The van der Waals surface area contributed by atoms with Crippen LogP contribution in [-0.2, 0) is 21.8 Å². The third kappa shape index (κ3) is 3.29. The van der Waals surface area contributed by atoms with E-state index in [-0.39, 0.29) is 29.3 Å². The monoisotopic (exact) mass is 279 g/mol. The van der Waals surface area contributed by atoms with Crippen molar-refractivity contribution < 1.29 is 23.0 Å². The van der Waals surface area contributed by atoms with E-state index in [9.17, 15) is 13.6 Å². The van der Waals surface area contributed by atoms with Gasteiger partial charge >= 0.3 is 5.97 Å². The Bertz CT molecular complexity index is 441. The number of nitrogens with zero attached hydrogens (tertiary/aromatic N) is 1. The molecule has 0 N–H and O–H groups in total. The molecule has 0 unspecified atom stereocenters. The van der Waals surface area contributed by atoms with Crippen molar-refractivity contribution >= 4 is 17.6 Å². The molecular formula is C11H12ClF2NO3. The van der Waals surface area contributed by atoms with Crippen LogP contribution in [0.3, 0.4) is 0 Å². The second kappa shape index (κ2) is 6.49. The van der Waals surface area contributed by atoms with E-state index in [2.05, 4.69) is 9.72 Å². The van der Waals surface area contributed by atoms with Gasteiger partial charge < -0.3 is 9.47 Å². The van der Waals surface area contributed by atoms with E-state index in [1.807, 2.05) is 0 Å². The first kappa shape index (κ1) is 14.6. The SMILES string of the molecule is COC(=O)Cc1nc(CCl)c(OC)cc1C(F)F. The summed E-state index contributed by atoms with van der Waals surface area (Å²) in [6.07, 6.45) is -3.08. The number of carbonyl (C=O) groups is 1. The molecule has 0 saturated carbocycles. The van der Waals surface area contributed by atoms with Gasteiger partial charge in [0.15, 0.2) is 0 Å². The normalized spacial score (nSPS) is 10.6. The molecule has 0 aliphatic carbocycles. The predicted molar refractivity (Wildman–Crippen MR) is 61.0 cm³/mol. The van der Waals surface area contributed by atoms with Gasteiger partial charge in [-0.05, 0) is 6.07 Å². The van der Waals surface area contributed by atoms with Crippen LogP contribution in [0.5, 0.6) is 5.75 Å². The summed E-state index contributed by atoms with van der Waals surface area (Å²) < 4.78 is 35.1. The first-order valence-corrected chi connectivity index (χ1v) is 5.54. The number of ether oxygens (including phenoxy) is 2. The molecule has 1 rings (SSSR count). The van der Waals surface area contributed by atoms with Crippen molar-refractivity contribution in [1.82, 2.24) is 4.98 Å². The van der Waals surface area contributed by atoms with Gasteiger partial charge in [0.2, 0.25) is 0 Å². The van der Waals surface area contributed by atoms with Gasteiger partial charge in [-0.2, -0.15) is 0 Å². The van der Waals surface area contributed by atoms with Crippen molar-refractivity contribution in [3.05, 3.63) is 23.0 Å². The Labute approximate surface area is 108 Å². The molecule has 0 aliphatic rings. The van der Waals surface area contributed by atoms with Crippen molar-refractivity contribution in [3.8, 4) is 5.75 Å². The van der Waals surface area contributed by atoms with E-state index in [1.165, 1.54) is 14.2 Å². The van der Waals surface area contributed by atoms with E-state index in [0.717, 1.165) is 6.07 Å². The quantitative estimate of drug-likeness (QED) is 0.614. The Kier molecular flexibility index (Phi) is 5.27. The third-order valence-electron chi connectivity index (χ3n) is 2.30. The molecule has 0 aliphatic heterocycles. The summed E-state index contributed by atoms with van der Waals surface area (Å²) in [5.41, 5.74) is -0.0955. The number of alkyl halides is 3. The van der Waals surface area contributed by atoms with E-state index in [1.54, 1.807) is 0 Å². The summed E-state index contributed by atoms with van der Waals surface area (Å²) in [4.78, 5) is 15.1. The fraction of sp³-hybridized carbons (Fsp3) is 0.455. The molecule has 1 heterocycles. The number of hydrogen-bond donors (Lipinski definition) is 0. The van der Waals surface area contributed by atoms with Crippen molar-refractivity contribution in [3.63, 3.8) is 0 Å². The van der Waals surface area contributed by atoms with Gasteiger partial charge in [0.05, 0.1) is 37.9 Å². The Morgan fingerprint density at radius 2 is 2.11 bits per heavy atom. The standard InChI is InChI=1S/C11H12ClF2NO3/c1-17-9-3-6(11(13)14)7(4-10(16)18-2)15-8(9)5-12/h3,11H,4-5H2,1-2H3. The molecule has 18 heavy (non-hydrogen) atoms. The van der Waals surface area contributed by atoms with E-state index >= 15 is 0 Å². The molecule has 0 spiro atoms. The van der Waals surface area contributed by atoms with Gasteiger partial charge in [-0.3, -0.25) is 9.78 Å². The van der Waals surface area contributed by atoms with Gasteiger partial charge in [0.25, 0.3) is 6.43 Å². The van der Waals surface area contributed by atoms with Crippen LogP contribution in [0.15, 0.2) is 6.07 Å². The second-order valence-electron chi connectivity index (χ2n) is 3.36. The number of rotatable bonds is 5. The molecule has 0 radical (unpaired) electrons. The maximum absolute atomic E-state index is 12.9. The minimum absolute atomic E-state index is 0.000857. The molecule has 100 valence electrons. The molecular weight excluding hydrogens is 268 g/mol. The number of methoxy groups -OCH3 is 2. The lowest BCUT2D eigenvalue weighted by molar-refractivity contribution is -0.139. The minimum atomic E-state index is -2.75. The zero-order valence-corrected chi connectivity index (χ0v) is 10.6. The molecule has 7 heteroatoms. The summed E-state index contributed by atoms with van der Waals surface area (Å²) in [6, 6.07) is 1.15. The number of aromatic nitrogens is 1. The number of halogens is 3. The van der Waals surface area contributed by atoms with Gasteiger partial charge in [0.1, 0.15) is 5.75 Å². The number of carbonyl (C=O) groups excluding carboxylic acids is 1. The Balaban J connectivity index is 3.24. The highest BCUT2D eigenvalue weighted by Gasteiger charge is 2.20. The average Bonchev–Trinajstić information content (AvgIpc) is 2.37. The first-order valence-electron chi connectivity index (χ1n) is 5.01. The van der Waals surface area contributed by atoms with Crippen molar-refractivity contribution in [1.29, 1.82) is 0 Å². The molecule has 4 nitrogen and oxygen atoms in total. The maximum Gasteiger partial charge on any atom is 0.311 e. The highest BCUT2D eigenvalue weighted by Crippen LogP contribution is 2.29. The highest BCUT2D eigenvalue weighted by atomic mass is 35.5. The Hall–Kier alpha value is -1.43. The van der Waals surface area contributed by atoms with Crippen molar-refractivity contribution in [2.24, 2.45) is 0 Å². The van der Waals surface area contributed by atoms with Crippen molar-refractivity contribution in [2.45, 2.75) is 18.7 Å². The van der Waals surface area contributed by atoms with Crippen LogP contribution >= 0.6 is 11.6 Å². The van der Waals surface area contributed by atoms with Crippen molar-refractivity contribution in [2.75, 3.05) is 14.2 Å². The zero-order chi connectivity index (χ0) is 13.7. The summed E-state index contributed by atoms with van der Waals surface area (Å²) in [7, 11) is 2.51. The molecule has 0 aromatic carbocycles. The fourth-order valence-electron chi connectivity index (χ4n) is 1.40. The van der Waals surface area contributed by atoms with Gasteiger partial charge in [0, 0.05) is 5.56 Å². The number of hydrogen-bond acceptors (Lipinski definition) is 4. The molecule has 1 aromatic rings. The molecule has 0 amide bonds. The molecule has 0 fully saturated rings. The minimum Gasteiger partial charge on any atom is -0.495 e. The molecule has 1 aromatic heterocycles. The lowest BCUT2D eigenvalue weighted by atomic mass is 10.1. The smallest absolute Gasteiger partial charge is 0.311 e. The highest BCUT2D eigenvalue weighted by molar-refractivity contribution is 6.17. The van der Waals surface area contributed by atoms with Gasteiger partial charge in [-0.1, -0.05) is 0 Å². The summed E-state index contributed by atoms with van der Waals surface area (Å²) in [5.74, 6) is -0.468. The van der Waals surface area contributed by atoms with Crippen LogP contribution in [0.2, 0.25) is 0 Å². The number of pyridine rings is 1. The maximum atomic E-state index is 12.9. The van der Waals surface area contributed by atoms with Gasteiger partial charge in [-0.25, -0.2) is 8.78 Å². The van der Waals surface area contributed by atoms with E-state index in [0.29, 0.717) is 5.69 Å². The summed E-state index contributed by atoms with van der Waals surface area (Å²) in [6.45, 7) is 0. The molecule has 0 bridgehead atoms. The topological polar surface area (TPSA) is 48.4 Å². The number of esters is 1. The third-order valence-corrected chi connectivity index (χ3v) is 2.55. The molecule has 0 saturated heterocycles. The van der Waals surface area contributed by atoms with Crippen LogP contribution in [0.1, 0.15) is 23.4 Å². The largest absolute Gasteiger partial charge is 0.495 e. The first-order chi connectivity index (χ1) is 8.53.